The monoisotopic (exact) mass is 395 g/mol. The van der Waals surface area contributed by atoms with Crippen LogP contribution in [0, 0.1) is 0 Å². The van der Waals surface area contributed by atoms with Gasteiger partial charge in [0.2, 0.25) is 5.91 Å². The second-order valence-corrected chi connectivity index (χ2v) is 7.35. The van der Waals surface area contributed by atoms with E-state index in [-0.39, 0.29) is 12.3 Å². The summed E-state index contributed by atoms with van der Waals surface area (Å²) in [4.78, 5) is 11.9. The number of carbonyl (C=O) groups is 1. The highest BCUT2D eigenvalue weighted by molar-refractivity contribution is 6.10. The van der Waals surface area contributed by atoms with E-state index in [0.29, 0.717) is 0 Å². The van der Waals surface area contributed by atoms with Crippen LogP contribution in [-0.4, -0.2) is 13.0 Å². The van der Waals surface area contributed by atoms with Crippen molar-refractivity contribution in [1.29, 1.82) is 0 Å². The lowest BCUT2D eigenvalue weighted by molar-refractivity contribution is -0.117. The van der Waals surface area contributed by atoms with Crippen molar-refractivity contribution < 1.29 is 9.53 Å². The van der Waals surface area contributed by atoms with E-state index in [0.717, 1.165) is 45.6 Å². The molecule has 30 heavy (non-hydrogen) atoms. The van der Waals surface area contributed by atoms with E-state index in [1.165, 1.54) is 11.1 Å². The molecule has 0 saturated heterocycles. The van der Waals surface area contributed by atoms with Crippen LogP contribution in [0.15, 0.2) is 78.4 Å². The molecular weight excluding hydrogens is 370 g/mol. The molecule has 0 heterocycles. The molecule has 0 unspecified atom stereocenters. The first-order chi connectivity index (χ1) is 14.6. The van der Waals surface area contributed by atoms with Crippen LogP contribution >= 0.6 is 0 Å². The minimum atomic E-state index is -0.334. The minimum Gasteiger partial charge on any atom is -0.496 e. The molecule has 0 radical (unpaired) electrons. The Morgan fingerprint density at radius 2 is 1.60 bits per heavy atom. The molecule has 0 spiro atoms. The van der Waals surface area contributed by atoms with Gasteiger partial charge < -0.3 is 10.5 Å². The zero-order valence-electron chi connectivity index (χ0n) is 17.3. The van der Waals surface area contributed by atoms with Crippen molar-refractivity contribution in [1.82, 2.24) is 0 Å². The van der Waals surface area contributed by atoms with Crippen LogP contribution in [0.3, 0.4) is 0 Å². The van der Waals surface area contributed by atoms with Crippen molar-refractivity contribution >= 4 is 23.1 Å². The van der Waals surface area contributed by atoms with Gasteiger partial charge in [0.15, 0.2) is 0 Å². The van der Waals surface area contributed by atoms with Gasteiger partial charge in [-0.05, 0) is 57.5 Å². The van der Waals surface area contributed by atoms with Crippen LogP contribution in [-0.2, 0) is 4.79 Å². The Kier molecular flexibility index (Phi) is 5.53. The lowest BCUT2D eigenvalue weighted by atomic mass is 9.94. The van der Waals surface area contributed by atoms with Gasteiger partial charge in [0.25, 0.3) is 0 Å². The molecule has 1 aliphatic rings. The molecule has 150 valence electrons. The average Bonchev–Trinajstić information content (AvgIpc) is 3.06. The van der Waals surface area contributed by atoms with Crippen LogP contribution in [0.4, 0.5) is 0 Å². The molecule has 0 aromatic heterocycles. The van der Waals surface area contributed by atoms with E-state index in [1.807, 2.05) is 18.2 Å². The number of hydrogen-bond acceptors (Lipinski definition) is 2. The van der Waals surface area contributed by atoms with Crippen LogP contribution < -0.4 is 10.5 Å². The maximum atomic E-state index is 11.9. The first-order valence-electron chi connectivity index (χ1n) is 10.2. The lowest BCUT2D eigenvalue weighted by Crippen LogP contribution is -2.11. The molecule has 1 aliphatic carbocycles. The van der Waals surface area contributed by atoms with Gasteiger partial charge in [-0.15, -0.1) is 0 Å². The third-order valence-corrected chi connectivity index (χ3v) is 5.58. The smallest absolute Gasteiger partial charge is 0.221 e. The Hall–Kier alpha value is -3.59. The van der Waals surface area contributed by atoms with Crippen molar-refractivity contribution in [2.24, 2.45) is 5.73 Å². The highest BCUT2D eigenvalue weighted by Gasteiger charge is 2.29. The summed E-state index contributed by atoms with van der Waals surface area (Å²) in [6, 6.07) is 24.8. The number of benzene rings is 3. The summed E-state index contributed by atoms with van der Waals surface area (Å²) in [6.45, 7) is 2.12. The lowest BCUT2D eigenvalue weighted by Gasteiger charge is -2.11. The number of carbonyl (C=O) groups excluding carboxylic acids is 1. The normalized spacial score (nSPS) is 14.1. The molecule has 0 atom stereocenters. The summed E-state index contributed by atoms with van der Waals surface area (Å²) < 4.78 is 5.64. The maximum absolute atomic E-state index is 11.9. The fourth-order valence-corrected chi connectivity index (χ4v) is 4.31. The fraction of sp³-hybridized carbons (Fsp3) is 0.148. The second-order valence-electron chi connectivity index (χ2n) is 7.35. The number of ether oxygens (including phenoxy) is 1. The number of nitrogens with two attached hydrogens (primary N) is 1. The van der Waals surface area contributed by atoms with E-state index >= 15 is 0 Å². The predicted octanol–water partition coefficient (Wildman–Crippen LogP) is 5.96. The number of rotatable bonds is 6. The predicted molar refractivity (Wildman–Crippen MR) is 124 cm³/mol. The van der Waals surface area contributed by atoms with Crippen molar-refractivity contribution in [3.8, 4) is 16.9 Å². The summed E-state index contributed by atoms with van der Waals surface area (Å²) in [5.74, 6) is 0.438. The van der Waals surface area contributed by atoms with Gasteiger partial charge in [-0.1, -0.05) is 73.7 Å². The van der Waals surface area contributed by atoms with E-state index in [4.69, 9.17) is 10.5 Å². The van der Waals surface area contributed by atoms with Gasteiger partial charge in [-0.3, -0.25) is 4.79 Å². The Labute approximate surface area is 177 Å². The van der Waals surface area contributed by atoms with Crippen LogP contribution in [0.1, 0.15) is 36.5 Å². The number of primary amides is 1. The molecule has 3 aromatic rings. The zero-order valence-corrected chi connectivity index (χ0v) is 17.3. The van der Waals surface area contributed by atoms with Crippen molar-refractivity contribution in [2.75, 3.05) is 7.11 Å². The highest BCUT2D eigenvalue weighted by atomic mass is 16.5. The van der Waals surface area contributed by atoms with E-state index in [9.17, 15) is 4.79 Å². The number of fused-ring (bicyclic) bond motifs is 1. The van der Waals surface area contributed by atoms with Crippen LogP contribution in [0.5, 0.6) is 5.75 Å². The first kappa shape index (κ1) is 19.7. The Balaban J connectivity index is 1.95. The summed E-state index contributed by atoms with van der Waals surface area (Å²) in [5.41, 5.74) is 14.4. The van der Waals surface area contributed by atoms with E-state index in [2.05, 4.69) is 67.6 Å². The van der Waals surface area contributed by atoms with Gasteiger partial charge in [-0.2, -0.15) is 0 Å². The molecule has 0 aliphatic heterocycles. The summed E-state index contributed by atoms with van der Waals surface area (Å²) in [5, 5.41) is 0. The molecule has 0 bridgehead atoms. The Morgan fingerprint density at radius 3 is 2.30 bits per heavy atom. The topological polar surface area (TPSA) is 52.3 Å². The van der Waals surface area contributed by atoms with Gasteiger partial charge in [-0.25, -0.2) is 0 Å². The van der Waals surface area contributed by atoms with Gasteiger partial charge in [0.05, 0.1) is 13.5 Å². The fourth-order valence-electron chi connectivity index (χ4n) is 4.31. The summed E-state index contributed by atoms with van der Waals surface area (Å²) in [7, 11) is 1.66. The molecule has 3 heteroatoms. The van der Waals surface area contributed by atoms with E-state index in [1.54, 1.807) is 7.11 Å². The third-order valence-electron chi connectivity index (χ3n) is 5.58. The van der Waals surface area contributed by atoms with Crippen molar-refractivity contribution in [3.63, 3.8) is 0 Å². The SMILES string of the molecule is CCC1=C(CC(N)=O)c2c(OC)cccc2C1=Cc1ccccc1-c1ccccc1. The Morgan fingerprint density at radius 1 is 0.900 bits per heavy atom. The number of allylic oxidation sites excluding steroid dienone is 2. The first-order valence-corrected chi connectivity index (χ1v) is 10.2. The Bertz CT molecular complexity index is 1160. The summed E-state index contributed by atoms with van der Waals surface area (Å²) >= 11 is 0. The largest absolute Gasteiger partial charge is 0.496 e. The average molecular weight is 396 g/mol. The van der Waals surface area contributed by atoms with E-state index < -0.39 is 0 Å². The molecule has 1 amide bonds. The number of hydrogen-bond donors (Lipinski definition) is 1. The van der Waals surface area contributed by atoms with Crippen molar-refractivity contribution in [3.05, 3.63) is 95.1 Å². The standard InChI is InChI=1S/C27H25NO2/c1-3-20-23(16-19-12-7-8-13-21(19)18-10-5-4-6-11-18)22-14-9-15-25(30-2)27(22)24(20)17-26(28)29/h4-16H,3,17H2,1-2H3,(H2,28,29). The van der Waals surface area contributed by atoms with Crippen LogP contribution in [0.25, 0.3) is 28.3 Å². The van der Waals surface area contributed by atoms with Crippen LogP contribution in [0.2, 0.25) is 0 Å². The molecular formula is C27H25NO2. The summed E-state index contributed by atoms with van der Waals surface area (Å²) in [6.07, 6.45) is 3.24. The molecule has 0 saturated carbocycles. The zero-order chi connectivity index (χ0) is 21.1. The molecule has 3 nitrogen and oxygen atoms in total. The molecule has 2 N–H and O–H groups in total. The second kappa shape index (κ2) is 8.42. The molecule has 0 fully saturated rings. The maximum Gasteiger partial charge on any atom is 0.221 e. The van der Waals surface area contributed by atoms with Gasteiger partial charge in [0, 0.05) is 5.56 Å². The number of amides is 1. The third kappa shape index (κ3) is 3.55. The highest BCUT2D eigenvalue weighted by Crippen LogP contribution is 2.49. The minimum absolute atomic E-state index is 0.203. The van der Waals surface area contributed by atoms with Gasteiger partial charge >= 0.3 is 0 Å². The van der Waals surface area contributed by atoms with Gasteiger partial charge in [0.1, 0.15) is 5.75 Å². The van der Waals surface area contributed by atoms with Crippen molar-refractivity contribution in [2.45, 2.75) is 19.8 Å². The molecule has 4 rings (SSSR count). The quantitative estimate of drug-likeness (QED) is 0.560. The molecule has 3 aromatic carbocycles. The number of methoxy groups -OCH3 is 1.